The number of aryl methyl sites for hydroxylation is 1. The quantitative estimate of drug-likeness (QED) is 0.786. The standard InChI is InChI=1S/C9H10N4S/c1-6-2-3-11-8(7(6)10)14-9-12-4-5-13-9/h2-5H,10H2,1H3,(H,12,13). The number of hydrogen-bond donors (Lipinski definition) is 2. The maximum Gasteiger partial charge on any atom is 0.171 e. The Kier molecular flexibility index (Phi) is 2.41. The Labute approximate surface area is 86.0 Å². The lowest BCUT2D eigenvalue weighted by molar-refractivity contribution is 1.04. The van der Waals surface area contributed by atoms with Crippen molar-refractivity contribution < 1.29 is 0 Å². The van der Waals surface area contributed by atoms with Crippen molar-refractivity contribution in [2.24, 2.45) is 0 Å². The summed E-state index contributed by atoms with van der Waals surface area (Å²) >= 11 is 1.43. The Morgan fingerprint density at radius 2 is 2.21 bits per heavy atom. The number of hydrogen-bond acceptors (Lipinski definition) is 4. The van der Waals surface area contributed by atoms with Crippen LogP contribution in [0.5, 0.6) is 0 Å². The number of imidazole rings is 1. The predicted octanol–water partition coefficient (Wildman–Crippen LogP) is 1.85. The molecule has 0 unspecified atom stereocenters. The molecule has 2 rings (SSSR count). The molecule has 2 aromatic heterocycles. The van der Waals surface area contributed by atoms with Gasteiger partial charge in [0.25, 0.3) is 0 Å². The number of pyridine rings is 1. The fourth-order valence-electron chi connectivity index (χ4n) is 1.02. The molecule has 72 valence electrons. The van der Waals surface area contributed by atoms with Gasteiger partial charge in [-0.25, -0.2) is 9.97 Å². The minimum Gasteiger partial charge on any atom is -0.396 e. The Hall–Kier alpha value is -1.49. The van der Waals surface area contributed by atoms with Gasteiger partial charge in [0, 0.05) is 18.6 Å². The average molecular weight is 206 g/mol. The van der Waals surface area contributed by atoms with Crippen LogP contribution in [0.3, 0.4) is 0 Å². The SMILES string of the molecule is Cc1ccnc(Sc2ncc[nH]2)c1N. The Morgan fingerprint density at radius 3 is 2.93 bits per heavy atom. The van der Waals surface area contributed by atoms with E-state index in [1.165, 1.54) is 11.8 Å². The highest BCUT2D eigenvalue weighted by molar-refractivity contribution is 7.99. The van der Waals surface area contributed by atoms with Crippen molar-refractivity contribution in [2.45, 2.75) is 17.1 Å². The molecule has 5 heteroatoms. The van der Waals surface area contributed by atoms with Crippen molar-refractivity contribution in [2.75, 3.05) is 5.73 Å². The predicted molar refractivity (Wildman–Crippen MR) is 56.1 cm³/mol. The van der Waals surface area contributed by atoms with E-state index in [2.05, 4.69) is 15.0 Å². The van der Waals surface area contributed by atoms with Gasteiger partial charge in [0.1, 0.15) is 5.03 Å². The lowest BCUT2D eigenvalue weighted by Gasteiger charge is -2.03. The summed E-state index contributed by atoms with van der Waals surface area (Å²) in [5.41, 5.74) is 7.63. The van der Waals surface area contributed by atoms with Gasteiger partial charge in [-0.2, -0.15) is 0 Å². The molecule has 0 aliphatic rings. The van der Waals surface area contributed by atoms with E-state index < -0.39 is 0 Å². The summed E-state index contributed by atoms with van der Waals surface area (Å²) in [5.74, 6) is 0. The van der Waals surface area contributed by atoms with Crippen molar-refractivity contribution in [1.29, 1.82) is 0 Å². The lowest BCUT2D eigenvalue weighted by atomic mass is 10.3. The Balaban J connectivity index is 2.29. The zero-order valence-electron chi connectivity index (χ0n) is 7.69. The van der Waals surface area contributed by atoms with Crippen LogP contribution in [0.15, 0.2) is 34.8 Å². The van der Waals surface area contributed by atoms with E-state index in [0.717, 1.165) is 15.7 Å². The van der Waals surface area contributed by atoms with Gasteiger partial charge in [-0.05, 0) is 30.3 Å². The minimum atomic E-state index is 0.717. The molecule has 0 aliphatic carbocycles. The third-order valence-corrected chi connectivity index (χ3v) is 2.77. The van der Waals surface area contributed by atoms with Gasteiger partial charge in [-0.3, -0.25) is 0 Å². The molecule has 0 saturated heterocycles. The van der Waals surface area contributed by atoms with Gasteiger partial charge in [0.15, 0.2) is 5.16 Å². The summed E-state index contributed by atoms with van der Waals surface area (Å²) in [6.45, 7) is 1.96. The first kappa shape index (κ1) is 9.08. The lowest BCUT2D eigenvalue weighted by Crippen LogP contribution is -1.94. The molecule has 3 N–H and O–H groups in total. The number of nitrogens with two attached hydrogens (primary N) is 1. The third-order valence-electron chi connectivity index (χ3n) is 1.84. The van der Waals surface area contributed by atoms with Gasteiger partial charge in [-0.1, -0.05) is 0 Å². The van der Waals surface area contributed by atoms with E-state index >= 15 is 0 Å². The van der Waals surface area contributed by atoms with Crippen molar-refractivity contribution in [1.82, 2.24) is 15.0 Å². The van der Waals surface area contributed by atoms with Crippen LogP contribution < -0.4 is 5.73 Å². The molecule has 0 fully saturated rings. The molecule has 2 aromatic rings. The summed E-state index contributed by atoms with van der Waals surface area (Å²) in [5, 5.41) is 1.59. The second-order valence-electron chi connectivity index (χ2n) is 2.84. The molecule has 0 amide bonds. The number of nitrogen functional groups attached to an aromatic ring is 1. The first-order chi connectivity index (χ1) is 6.77. The van der Waals surface area contributed by atoms with Crippen LogP contribution in [0.4, 0.5) is 5.69 Å². The molecule has 14 heavy (non-hydrogen) atoms. The zero-order valence-corrected chi connectivity index (χ0v) is 8.51. The van der Waals surface area contributed by atoms with Crippen LogP contribution in [0, 0.1) is 6.92 Å². The van der Waals surface area contributed by atoms with E-state index in [4.69, 9.17) is 5.73 Å². The molecule has 0 spiro atoms. The fourth-order valence-corrected chi connectivity index (χ4v) is 1.83. The van der Waals surface area contributed by atoms with Crippen molar-refractivity contribution in [3.8, 4) is 0 Å². The topological polar surface area (TPSA) is 67.6 Å². The third kappa shape index (κ3) is 1.72. The Bertz CT molecular complexity index is 424. The van der Waals surface area contributed by atoms with E-state index in [9.17, 15) is 0 Å². The monoisotopic (exact) mass is 206 g/mol. The molecule has 0 radical (unpaired) electrons. The number of anilines is 1. The zero-order chi connectivity index (χ0) is 9.97. The number of H-pyrrole nitrogens is 1. The summed E-state index contributed by atoms with van der Waals surface area (Å²) in [7, 11) is 0. The second kappa shape index (κ2) is 3.71. The molecule has 0 aromatic carbocycles. The van der Waals surface area contributed by atoms with Crippen LogP contribution in [0.2, 0.25) is 0 Å². The first-order valence-corrected chi connectivity index (χ1v) is 4.97. The van der Waals surface area contributed by atoms with Gasteiger partial charge in [0.05, 0.1) is 5.69 Å². The Morgan fingerprint density at radius 1 is 1.36 bits per heavy atom. The number of rotatable bonds is 2. The molecule has 0 bridgehead atoms. The molecule has 2 heterocycles. The van der Waals surface area contributed by atoms with E-state index in [1.54, 1.807) is 18.6 Å². The summed E-state index contributed by atoms with van der Waals surface area (Å²) in [6, 6.07) is 1.89. The smallest absolute Gasteiger partial charge is 0.171 e. The second-order valence-corrected chi connectivity index (χ2v) is 3.82. The van der Waals surface area contributed by atoms with Crippen molar-refractivity contribution in [3.63, 3.8) is 0 Å². The van der Waals surface area contributed by atoms with Crippen LogP contribution >= 0.6 is 11.8 Å². The molecule has 4 nitrogen and oxygen atoms in total. The maximum absolute atomic E-state index is 5.87. The normalized spacial score (nSPS) is 10.4. The summed E-state index contributed by atoms with van der Waals surface area (Å²) in [4.78, 5) is 11.3. The fraction of sp³-hybridized carbons (Fsp3) is 0.111. The first-order valence-electron chi connectivity index (χ1n) is 4.15. The molecule has 0 aliphatic heterocycles. The minimum absolute atomic E-state index is 0.717. The van der Waals surface area contributed by atoms with E-state index in [-0.39, 0.29) is 0 Å². The highest BCUT2D eigenvalue weighted by Crippen LogP contribution is 2.28. The number of nitrogens with one attached hydrogen (secondary N) is 1. The van der Waals surface area contributed by atoms with Gasteiger partial charge < -0.3 is 10.7 Å². The highest BCUT2D eigenvalue weighted by Gasteiger charge is 2.06. The molecule has 0 atom stereocenters. The van der Waals surface area contributed by atoms with Crippen LogP contribution in [-0.2, 0) is 0 Å². The van der Waals surface area contributed by atoms with E-state index in [1.807, 2.05) is 13.0 Å². The number of nitrogens with zero attached hydrogens (tertiary/aromatic N) is 2. The van der Waals surface area contributed by atoms with Crippen molar-refractivity contribution in [3.05, 3.63) is 30.2 Å². The van der Waals surface area contributed by atoms with Crippen LogP contribution in [0.1, 0.15) is 5.56 Å². The average Bonchev–Trinajstić information content (AvgIpc) is 2.66. The van der Waals surface area contributed by atoms with E-state index in [0.29, 0.717) is 5.69 Å². The van der Waals surface area contributed by atoms with Crippen molar-refractivity contribution >= 4 is 17.4 Å². The summed E-state index contributed by atoms with van der Waals surface area (Å²) < 4.78 is 0. The van der Waals surface area contributed by atoms with Gasteiger partial charge in [0.2, 0.25) is 0 Å². The van der Waals surface area contributed by atoms with Gasteiger partial charge >= 0.3 is 0 Å². The van der Waals surface area contributed by atoms with Crippen LogP contribution in [0.25, 0.3) is 0 Å². The maximum atomic E-state index is 5.87. The summed E-state index contributed by atoms with van der Waals surface area (Å²) in [6.07, 6.45) is 5.22. The molecular formula is C9H10N4S. The number of aromatic nitrogens is 3. The highest BCUT2D eigenvalue weighted by atomic mass is 32.2. The van der Waals surface area contributed by atoms with Gasteiger partial charge in [-0.15, -0.1) is 0 Å². The largest absolute Gasteiger partial charge is 0.396 e. The molecular weight excluding hydrogens is 196 g/mol. The molecule has 0 saturated carbocycles. The number of aromatic amines is 1. The van der Waals surface area contributed by atoms with Crippen LogP contribution in [-0.4, -0.2) is 15.0 Å².